The molecule has 128 valence electrons. The minimum Gasteiger partial charge on any atom is -0.423 e. The Morgan fingerprint density at radius 3 is 2.52 bits per heavy atom. The van der Waals surface area contributed by atoms with Gasteiger partial charge in [-0.05, 0) is 48.2 Å². The van der Waals surface area contributed by atoms with Crippen LogP contribution < -0.4 is 10.9 Å². The average molecular weight is 356 g/mol. The molecule has 5 heteroatoms. The lowest BCUT2D eigenvalue weighted by molar-refractivity contribution is -0.121. The average Bonchev–Trinajstić information content (AvgIpc) is 2.61. The Morgan fingerprint density at radius 2 is 1.80 bits per heavy atom. The van der Waals surface area contributed by atoms with E-state index < -0.39 is 11.0 Å². The molecule has 3 aromatic rings. The van der Waals surface area contributed by atoms with E-state index in [0.717, 1.165) is 22.1 Å². The maximum absolute atomic E-state index is 12.3. The van der Waals surface area contributed by atoms with Gasteiger partial charge in [-0.1, -0.05) is 30.3 Å². The largest absolute Gasteiger partial charge is 0.423 e. The monoisotopic (exact) mass is 355 g/mol. The van der Waals surface area contributed by atoms with Gasteiger partial charge in [-0.25, -0.2) is 4.79 Å². The second-order valence-corrected chi connectivity index (χ2v) is 6.45. The molecule has 0 radical (unpaired) electrons. The number of amides is 1. The van der Waals surface area contributed by atoms with Crippen molar-refractivity contribution in [1.82, 2.24) is 5.32 Å². The third kappa shape index (κ3) is 3.74. The number of hydrogen-bond acceptors (Lipinski definition) is 3. The standard InChI is InChI=1S/C20H18ClNO3/c1-12-8-16-15(10-18(23)25-17(16)9-13(12)2)11-22-20(24)19(21)14-6-4-3-5-7-14/h3-10,19H,11H2,1-2H3,(H,22,24). The first-order chi connectivity index (χ1) is 12.0. The maximum Gasteiger partial charge on any atom is 0.336 e. The van der Waals surface area contributed by atoms with E-state index in [2.05, 4.69) is 5.32 Å². The number of carbonyl (C=O) groups excluding carboxylic acids is 1. The van der Waals surface area contributed by atoms with E-state index >= 15 is 0 Å². The van der Waals surface area contributed by atoms with Crippen LogP contribution in [0.4, 0.5) is 0 Å². The number of halogens is 1. The van der Waals surface area contributed by atoms with E-state index in [-0.39, 0.29) is 12.5 Å². The van der Waals surface area contributed by atoms with Crippen LogP contribution >= 0.6 is 11.6 Å². The van der Waals surface area contributed by atoms with Crippen molar-refractivity contribution in [2.75, 3.05) is 0 Å². The normalized spacial score (nSPS) is 12.1. The summed E-state index contributed by atoms with van der Waals surface area (Å²) >= 11 is 6.23. The zero-order chi connectivity index (χ0) is 18.0. The molecule has 1 aromatic heterocycles. The van der Waals surface area contributed by atoms with Gasteiger partial charge in [0.15, 0.2) is 0 Å². The smallest absolute Gasteiger partial charge is 0.336 e. The van der Waals surface area contributed by atoms with Crippen molar-refractivity contribution < 1.29 is 9.21 Å². The summed E-state index contributed by atoms with van der Waals surface area (Å²) in [6, 6.07) is 14.3. The van der Waals surface area contributed by atoms with Gasteiger partial charge in [-0.15, -0.1) is 11.6 Å². The van der Waals surface area contributed by atoms with Gasteiger partial charge in [-0.3, -0.25) is 4.79 Å². The number of alkyl halides is 1. The molecule has 2 aromatic carbocycles. The highest BCUT2D eigenvalue weighted by Crippen LogP contribution is 2.23. The summed E-state index contributed by atoms with van der Waals surface area (Å²) < 4.78 is 5.27. The van der Waals surface area contributed by atoms with E-state index in [1.807, 2.05) is 44.2 Å². The highest BCUT2D eigenvalue weighted by Gasteiger charge is 2.17. The summed E-state index contributed by atoms with van der Waals surface area (Å²) in [6.07, 6.45) is 0. The summed E-state index contributed by atoms with van der Waals surface area (Å²) in [6.45, 7) is 4.16. The van der Waals surface area contributed by atoms with E-state index in [1.54, 1.807) is 12.1 Å². The summed E-state index contributed by atoms with van der Waals surface area (Å²) in [7, 11) is 0. The Hall–Kier alpha value is -2.59. The second kappa shape index (κ2) is 7.11. The molecule has 0 saturated carbocycles. The second-order valence-electron chi connectivity index (χ2n) is 6.01. The molecule has 0 fully saturated rings. The minimum absolute atomic E-state index is 0.208. The maximum atomic E-state index is 12.3. The van der Waals surface area contributed by atoms with E-state index in [4.69, 9.17) is 16.0 Å². The first-order valence-corrected chi connectivity index (χ1v) is 8.40. The van der Waals surface area contributed by atoms with Crippen molar-refractivity contribution in [2.24, 2.45) is 0 Å². The topological polar surface area (TPSA) is 59.3 Å². The van der Waals surface area contributed by atoms with Crippen LogP contribution in [0.2, 0.25) is 0 Å². The number of fused-ring (bicyclic) bond motifs is 1. The van der Waals surface area contributed by atoms with Crippen molar-refractivity contribution in [3.63, 3.8) is 0 Å². The Labute approximate surface area is 150 Å². The summed E-state index contributed by atoms with van der Waals surface area (Å²) in [4.78, 5) is 24.1. The first kappa shape index (κ1) is 17.2. The first-order valence-electron chi connectivity index (χ1n) is 7.96. The third-order valence-electron chi connectivity index (χ3n) is 4.22. The van der Waals surface area contributed by atoms with Gasteiger partial charge in [-0.2, -0.15) is 0 Å². The van der Waals surface area contributed by atoms with Gasteiger partial charge in [0.1, 0.15) is 11.0 Å². The number of aryl methyl sites for hydroxylation is 2. The SMILES string of the molecule is Cc1cc2oc(=O)cc(CNC(=O)C(Cl)c3ccccc3)c2cc1C. The molecule has 0 bridgehead atoms. The third-order valence-corrected chi connectivity index (χ3v) is 4.67. The van der Waals surface area contributed by atoms with E-state index in [0.29, 0.717) is 11.1 Å². The van der Waals surface area contributed by atoms with Crippen molar-refractivity contribution >= 4 is 28.5 Å². The van der Waals surface area contributed by atoms with Crippen LogP contribution in [0.15, 0.2) is 57.7 Å². The molecule has 1 N–H and O–H groups in total. The summed E-state index contributed by atoms with van der Waals surface area (Å²) in [5.41, 5.74) is 3.65. The van der Waals surface area contributed by atoms with Gasteiger partial charge in [0.25, 0.3) is 0 Å². The number of hydrogen-bond donors (Lipinski definition) is 1. The number of nitrogens with one attached hydrogen (secondary N) is 1. The van der Waals surface area contributed by atoms with Crippen molar-refractivity contribution in [3.8, 4) is 0 Å². The summed E-state index contributed by atoms with van der Waals surface area (Å²) in [5, 5.41) is 2.83. The molecule has 4 nitrogen and oxygen atoms in total. The highest BCUT2D eigenvalue weighted by molar-refractivity contribution is 6.30. The van der Waals surface area contributed by atoms with E-state index in [1.165, 1.54) is 6.07 Å². The zero-order valence-electron chi connectivity index (χ0n) is 14.0. The van der Waals surface area contributed by atoms with Crippen LogP contribution in [0.3, 0.4) is 0 Å². The lowest BCUT2D eigenvalue weighted by Crippen LogP contribution is -2.27. The molecular weight excluding hydrogens is 338 g/mol. The molecule has 1 atom stereocenters. The minimum atomic E-state index is -0.781. The summed E-state index contributed by atoms with van der Waals surface area (Å²) in [5.74, 6) is -0.307. The fourth-order valence-corrected chi connectivity index (χ4v) is 2.90. The molecule has 0 aliphatic rings. The van der Waals surface area contributed by atoms with Gasteiger partial charge in [0.05, 0.1) is 0 Å². The number of carbonyl (C=O) groups is 1. The fraction of sp³-hybridized carbons (Fsp3) is 0.200. The Bertz CT molecular complexity index is 979. The highest BCUT2D eigenvalue weighted by atomic mass is 35.5. The van der Waals surface area contributed by atoms with Gasteiger partial charge < -0.3 is 9.73 Å². The molecule has 0 aliphatic heterocycles. The van der Waals surface area contributed by atoms with Gasteiger partial charge >= 0.3 is 5.63 Å². The molecule has 1 heterocycles. The fourth-order valence-electron chi connectivity index (χ4n) is 2.67. The van der Waals surface area contributed by atoms with Crippen molar-refractivity contribution in [3.05, 3.63) is 81.2 Å². The van der Waals surface area contributed by atoms with Gasteiger partial charge in [0, 0.05) is 18.0 Å². The number of benzene rings is 2. The van der Waals surface area contributed by atoms with E-state index in [9.17, 15) is 9.59 Å². The molecule has 0 saturated heterocycles. The Kier molecular flexibility index (Phi) is 4.91. The van der Waals surface area contributed by atoms with Crippen LogP contribution in [-0.4, -0.2) is 5.91 Å². The van der Waals surface area contributed by atoms with Gasteiger partial charge in [0.2, 0.25) is 5.91 Å². The predicted molar refractivity (Wildman–Crippen MR) is 98.8 cm³/mol. The van der Waals surface area contributed by atoms with Crippen LogP contribution in [-0.2, 0) is 11.3 Å². The quantitative estimate of drug-likeness (QED) is 0.568. The van der Waals surface area contributed by atoms with Crippen molar-refractivity contribution in [1.29, 1.82) is 0 Å². The molecule has 0 aliphatic carbocycles. The Morgan fingerprint density at radius 1 is 1.12 bits per heavy atom. The van der Waals surface area contributed by atoms with Crippen LogP contribution in [0, 0.1) is 13.8 Å². The van der Waals surface area contributed by atoms with Crippen molar-refractivity contribution in [2.45, 2.75) is 25.8 Å². The molecule has 1 unspecified atom stereocenters. The Balaban J connectivity index is 1.84. The lowest BCUT2D eigenvalue weighted by atomic mass is 10.0. The molecular formula is C20H18ClNO3. The molecule has 25 heavy (non-hydrogen) atoms. The predicted octanol–water partition coefficient (Wildman–Crippen LogP) is 4.01. The molecule has 3 rings (SSSR count). The van der Waals surface area contributed by atoms with Crippen LogP contribution in [0.5, 0.6) is 0 Å². The zero-order valence-corrected chi connectivity index (χ0v) is 14.8. The van der Waals surface area contributed by atoms with Crippen LogP contribution in [0.25, 0.3) is 11.0 Å². The molecule has 1 amide bonds. The number of rotatable bonds is 4. The molecule has 0 spiro atoms. The lowest BCUT2D eigenvalue weighted by Gasteiger charge is -2.12. The van der Waals surface area contributed by atoms with Crippen LogP contribution in [0.1, 0.15) is 27.6 Å².